The van der Waals surface area contributed by atoms with Crippen molar-refractivity contribution in [3.05, 3.63) is 65.2 Å². The molecule has 176 valence electrons. The molecular weight excluding hydrogens is 426 g/mol. The molecule has 0 aromatic heterocycles. The van der Waals surface area contributed by atoms with Crippen LogP contribution >= 0.6 is 0 Å². The van der Waals surface area contributed by atoms with E-state index >= 15 is 0 Å². The molecule has 0 saturated carbocycles. The van der Waals surface area contributed by atoms with Gasteiger partial charge in [0.1, 0.15) is 30.3 Å². The second-order valence-corrected chi connectivity index (χ2v) is 8.19. The fourth-order valence-corrected chi connectivity index (χ4v) is 2.77. The van der Waals surface area contributed by atoms with Crippen LogP contribution in [0.25, 0.3) is 0 Å². The van der Waals surface area contributed by atoms with Gasteiger partial charge in [0.05, 0.1) is 7.11 Å². The van der Waals surface area contributed by atoms with Crippen LogP contribution in [0, 0.1) is 0 Å². The van der Waals surface area contributed by atoms with Crippen molar-refractivity contribution in [1.29, 1.82) is 0 Å². The Morgan fingerprint density at radius 1 is 0.939 bits per heavy atom. The van der Waals surface area contributed by atoms with Crippen LogP contribution in [-0.2, 0) is 43.4 Å². The predicted octanol–water partition coefficient (Wildman–Crippen LogP) is 4.42. The zero-order chi connectivity index (χ0) is 24.4. The third-order valence-electron chi connectivity index (χ3n) is 4.26. The maximum absolute atomic E-state index is 12.3. The normalized spacial score (nSPS) is 11.5. The summed E-state index contributed by atoms with van der Waals surface area (Å²) in [7, 11) is 1.20. The van der Waals surface area contributed by atoms with Gasteiger partial charge in [-0.2, -0.15) is 4.99 Å². The van der Waals surface area contributed by atoms with Gasteiger partial charge in [-0.3, -0.25) is 4.79 Å². The first-order valence-corrected chi connectivity index (χ1v) is 10.4. The third-order valence-corrected chi connectivity index (χ3v) is 4.26. The Morgan fingerprint density at radius 2 is 1.64 bits per heavy atom. The number of aliphatic imine (C=N–C) groups is 1. The summed E-state index contributed by atoms with van der Waals surface area (Å²) in [5, 5.41) is 0. The average Bonchev–Trinajstić information content (AvgIpc) is 2.75. The number of hydrogen-bond acceptors (Lipinski definition) is 7. The Morgan fingerprint density at radius 3 is 2.24 bits per heavy atom. The lowest BCUT2D eigenvalue weighted by atomic mass is 10.0. The van der Waals surface area contributed by atoms with Crippen molar-refractivity contribution in [1.82, 2.24) is 0 Å². The van der Waals surface area contributed by atoms with Gasteiger partial charge < -0.3 is 18.9 Å². The number of amides is 1. The molecule has 0 saturated heterocycles. The monoisotopic (exact) mass is 455 g/mol. The van der Waals surface area contributed by atoms with E-state index in [1.165, 1.54) is 14.0 Å². The Bertz CT molecular complexity index is 1010. The Hall–Kier alpha value is -3.68. The van der Waals surface area contributed by atoms with Crippen molar-refractivity contribution in [3.8, 4) is 5.75 Å². The Balaban J connectivity index is 2.29. The Labute approximate surface area is 193 Å². The molecule has 0 spiro atoms. The highest BCUT2D eigenvalue weighted by molar-refractivity contribution is 6.38. The van der Waals surface area contributed by atoms with Crippen molar-refractivity contribution in [2.75, 3.05) is 7.11 Å². The van der Waals surface area contributed by atoms with Crippen LogP contribution in [0.4, 0.5) is 4.79 Å². The summed E-state index contributed by atoms with van der Waals surface area (Å²) in [6.45, 7) is 6.73. The first-order valence-electron chi connectivity index (χ1n) is 10.4. The Kier molecular flexibility index (Phi) is 9.15. The minimum atomic E-state index is -0.896. The SMILES string of the molecule is COC(=O)C(Cc1ccc(OCc2ccccc2)cc1COC(C)=O)=NC(=O)OC(C)(C)C. The number of carbonyl (C=O) groups excluding carboxylic acids is 3. The van der Waals surface area contributed by atoms with Crippen molar-refractivity contribution in [2.45, 2.75) is 52.9 Å². The molecule has 1 amide bonds. The van der Waals surface area contributed by atoms with Crippen LogP contribution in [0.15, 0.2) is 53.5 Å². The van der Waals surface area contributed by atoms with Crippen molar-refractivity contribution in [3.63, 3.8) is 0 Å². The molecule has 33 heavy (non-hydrogen) atoms. The van der Waals surface area contributed by atoms with Gasteiger partial charge in [0.25, 0.3) is 0 Å². The van der Waals surface area contributed by atoms with Crippen molar-refractivity contribution < 1.29 is 33.3 Å². The number of rotatable bonds is 8. The van der Waals surface area contributed by atoms with Gasteiger partial charge in [0.2, 0.25) is 0 Å². The van der Waals surface area contributed by atoms with Crippen molar-refractivity contribution >= 4 is 23.7 Å². The fraction of sp³-hybridized carbons (Fsp3) is 0.360. The van der Waals surface area contributed by atoms with Gasteiger partial charge in [-0.15, -0.1) is 0 Å². The van der Waals surface area contributed by atoms with E-state index in [0.717, 1.165) is 5.56 Å². The largest absolute Gasteiger partial charge is 0.489 e. The molecule has 0 heterocycles. The topological polar surface area (TPSA) is 100 Å². The number of methoxy groups -OCH3 is 1. The first-order chi connectivity index (χ1) is 15.6. The highest BCUT2D eigenvalue weighted by atomic mass is 16.6. The number of ether oxygens (including phenoxy) is 4. The molecular formula is C25H29NO7. The second-order valence-electron chi connectivity index (χ2n) is 8.19. The van der Waals surface area contributed by atoms with Gasteiger partial charge in [-0.25, -0.2) is 9.59 Å². The lowest BCUT2D eigenvalue weighted by Crippen LogP contribution is -2.25. The number of carbonyl (C=O) groups is 3. The maximum atomic E-state index is 12.3. The summed E-state index contributed by atoms with van der Waals surface area (Å²) in [6.07, 6.45) is -0.922. The van der Waals surface area contributed by atoms with Crippen molar-refractivity contribution in [2.24, 2.45) is 4.99 Å². The minimum Gasteiger partial charge on any atom is -0.489 e. The fourth-order valence-electron chi connectivity index (χ4n) is 2.77. The molecule has 8 heteroatoms. The van der Waals surface area contributed by atoms with E-state index in [9.17, 15) is 14.4 Å². The summed E-state index contributed by atoms with van der Waals surface area (Å²) in [5.41, 5.74) is 1.34. The van der Waals surface area contributed by atoms with E-state index in [1.54, 1.807) is 39.0 Å². The molecule has 2 aromatic rings. The summed E-state index contributed by atoms with van der Waals surface area (Å²) in [6, 6.07) is 14.9. The third kappa shape index (κ3) is 9.14. The van der Waals surface area contributed by atoms with Gasteiger partial charge in [0, 0.05) is 13.3 Å². The molecule has 0 radical (unpaired) electrons. The van der Waals surface area contributed by atoms with Gasteiger partial charge in [0.15, 0.2) is 0 Å². The zero-order valence-electron chi connectivity index (χ0n) is 19.5. The quantitative estimate of drug-likeness (QED) is 0.330. The van der Waals surface area contributed by atoms with Crippen LogP contribution in [0.1, 0.15) is 44.4 Å². The average molecular weight is 456 g/mol. The van der Waals surface area contributed by atoms with E-state index in [0.29, 0.717) is 23.5 Å². The molecule has 0 N–H and O–H groups in total. The standard InChI is InChI=1S/C25H29NO7/c1-17(27)31-16-20-13-21(32-15-18-9-7-6-8-10-18)12-11-19(20)14-22(23(28)30-5)26-24(29)33-25(2,3)4/h6-13H,14-16H2,1-5H3. The van der Waals surface area contributed by atoms with Crippen LogP contribution in [0.2, 0.25) is 0 Å². The van der Waals surface area contributed by atoms with E-state index in [2.05, 4.69) is 4.99 Å². The molecule has 2 aromatic carbocycles. The zero-order valence-corrected chi connectivity index (χ0v) is 19.5. The van der Waals surface area contributed by atoms with E-state index in [1.807, 2.05) is 30.3 Å². The number of nitrogens with zero attached hydrogens (tertiary/aromatic N) is 1. The summed E-state index contributed by atoms with van der Waals surface area (Å²) in [5.74, 6) is -0.649. The number of esters is 2. The molecule has 8 nitrogen and oxygen atoms in total. The number of hydrogen-bond donors (Lipinski definition) is 0. The highest BCUT2D eigenvalue weighted by Crippen LogP contribution is 2.22. The smallest absolute Gasteiger partial charge is 0.434 e. The van der Waals surface area contributed by atoms with Crippen LogP contribution < -0.4 is 4.74 Å². The molecule has 2 rings (SSSR count). The lowest BCUT2D eigenvalue weighted by molar-refractivity contribution is -0.142. The van der Waals surface area contributed by atoms with Gasteiger partial charge in [-0.1, -0.05) is 36.4 Å². The molecule has 0 aliphatic heterocycles. The van der Waals surface area contributed by atoms with E-state index < -0.39 is 23.6 Å². The summed E-state index contributed by atoms with van der Waals surface area (Å²) >= 11 is 0. The second kappa shape index (κ2) is 11.8. The van der Waals surface area contributed by atoms with E-state index in [-0.39, 0.29) is 18.7 Å². The highest BCUT2D eigenvalue weighted by Gasteiger charge is 2.21. The summed E-state index contributed by atoms with van der Waals surface area (Å²) < 4.78 is 21.0. The molecule has 0 atom stereocenters. The molecule has 0 fully saturated rings. The molecule has 0 aliphatic carbocycles. The molecule has 0 aliphatic rings. The minimum absolute atomic E-state index is 0.0263. The maximum Gasteiger partial charge on any atom is 0.434 e. The van der Waals surface area contributed by atoms with Crippen LogP contribution in [-0.4, -0.2) is 36.5 Å². The number of benzene rings is 2. The lowest BCUT2D eigenvalue weighted by Gasteiger charge is -2.18. The predicted molar refractivity (Wildman–Crippen MR) is 122 cm³/mol. The van der Waals surface area contributed by atoms with Gasteiger partial charge >= 0.3 is 18.0 Å². The summed E-state index contributed by atoms with van der Waals surface area (Å²) in [4.78, 5) is 39.6. The van der Waals surface area contributed by atoms with Crippen LogP contribution in [0.3, 0.4) is 0 Å². The van der Waals surface area contributed by atoms with Gasteiger partial charge in [-0.05, 0) is 49.6 Å². The molecule has 0 unspecified atom stereocenters. The molecule has 0 bridgehead atoms. The van der Waals surface area contributed by atoms with Crippen LogP contribution in [0.5, 0.6) is 5.75 Å². The van der Waals surface area contributed by atoms with E-state index in [4.69, 9.17) is 18.9 Å². The first kappa shape index (κ1) is 25.6.